The molecule has 20 heavy (non-hydrogen) atoms. The third-order valence-corrected chi connectivity index (χ3v) is 3.53. The molecular formula is C16H27NO2S. The second-order valence-electron chi connectivity index (χ2n) is 4.96. The average Bonchev–Trinajstić information content (AvgIpc) is 2.48. The molecule has 2 N–H and O–H groups in total. The fourth-order valence-electron chi connectivity index (χ4n) is 1.76. The van der Waals surface area contributed by atoms with E-state index in [2.05, 4.69) is 19.6 Å². The fraction of sp³-hybridized carbons (Fsp3) is 0.625. The lowest BCUT2D eigenvalue weighted by atomic mass is 10.1. The zero-order valence-electron chi connectivity index (χ0n) is 12.4. The molecule has 0 aliphatic carbocycles. The molecule has 0 heterocycles. The van der Waals surface area contributed by atoms with Crippen LogP contribution < -0.4 is 15.2 Å². The number of unbranched alkanes of at least 4 members (excludes halogenated alkanes) is 2. The Labute approximate surface area is 128 Å². The Hall–Kier alpha value is -0.870. The maximum Gasteiger partial charge on any atom is 0.119 e. The molecule has 0 amide bonds. The van der Waals surface area contributed by atoms with Crippen LogP contribution in [-0.4, -0.2) is 25.0 Å². The molecule has 0 bridgehead atoms. The van der Waals surface area contributed by atoms with E-state index in [0.29, 0.717) is 0 Å². The van der Waals surface area contributed by atoms with Gasteiger partial charge in [-0.15, -0.1) is 0 Å². The van der Waals surface area contributed by atoms with Crippen molar-refractivity contribution in [2.24, 2.45) is 5.73 Å². The quantitative estimate of drug-likeness (QED) is 0.484. The summed E-state index contributed by atoms with van der Waals surface area (Å²) >= 11 is 4.17. The Morgan fingerprint density at radius 3 is 2.05 bits per heavy atom. The normalized spacial score (nSPS) is 12.2. The molecule has 0 fully saturated rings. The number of nitrogens with two attached hydrogens (primary N) is 1. The van der Waals surface area contributed by atoms with Crippen molar-refractivity contribution in [3.05, 3.63) is 24.3 Å². The summed E-state index contributed by atoms with van der Waals surface area (Å²) in [6.07, 6.45) is 5.36. The molecule has 0 aliphatic heterocycles. The molecule has 1 aromatic carbocycles. The molecule has 0 radical (unpaired) electrons. The zero-order chi connectivity index (χ0) is 14.6. The standard InChI is InChI=1S/C16H27NO2S/c1-2-3-11-18-15-7-9-16(10-8-15)19-12-5-4-6-14(17)13-20/h7-10,14,20H,2-6,11-13,17H2,1H3. The summed E-state index contributed by atoms with van der Waals surface area (Å²) in [5.74, 6) is 2.55. The maximum atomic E-state index is 5.80. The van der Waals surface area contributed by atoms with E-state index in [-0.39, 0.29) is 6.04 Å². The third-order valence-electron chi connectivity index (χ3n) is 3.06. The molecule has 0 saturated heterocycles. The molecule has 0 spiro atoms. The lowest BCUT2D eigenvalue weighted by Crippen LogP contribution is -2.21. The predicted octanol–water partition coefficient (Wildman–Crippen LogP) is 3.67. The minimum Gasteiger partial charge on any atom is -0.494 e. The van der Waals surface area contributed by atoms with E-state index in [0.717, 1.165) is 62.6 Å². The molecule has 1 rings (SSSR count). The number of thiol groups is 1. The first kappa shape index (κ1) is 17.2. The molecule has 1 unspecified atom stereocenters. The van der Waals surface area contributed by atoms with Crippen molar-refractivity contribution in [1.29, 1.82) is 0 Å². The Bertz CT molecular complexity index is 343. The summed E-state index contributed by atoms with van der Waals surface area (Å²) < 4.78 is 11.3. The van der Waals surface area contributed by atoms with Gasteiger partial charge in [0.15, 0.2) is 0 Å². The van der Waals surface area contributed by atoms with Gasteiger partial charge in [-0.3, -0.25) is 0 Å². The van der Waals surface area contributed by atoms with Gasteiger partial charge in [-0.1, -0.05) is 13.3 Å². The topological polar surface area (TPSA) is 44.5 Å². The van der Waals surface area contributed by atoms with Gasteiger partial charge >= 0.3 is 0 Å². The van der Waals surface area contributed by atoms with Gasteiger partial charge < -0.3 is 15.2 Å². The van der Waals surface area contributed by atoms with Gasteiger partial charge in [0.05, 0.1) is 13.2 Å². The van der Waals surface area contributed by atoms with Gasteiger partial charge in [-0.05, 0) is 49.9 Å². The summed E-state index contributed by atoms with van der Waals surface area (Å²) in [5, 5.41) is 0. The van der Waals surface area contributed by atoms with E-state index in [1.807, 2.05) is 24.3 Å². The fourth-order valence-corrected chi connectivity index (χ4v) is 1.94. The smallest absolute Gasteiger partial charge is 0.119 e. The Balaban J connectivity index is 2.14. The summed E-state index contributed by atoms with van der Waals surface area (Å²) in [7, 11) is 0. The van der Waals surface area contributed by atoms with Gasteiger partial charge in [0.1, 0.15) is 11.5 Å². The van der Waals surface area contributed by atoms with Crippen LogP contribution in [-0.2, 0) is 0 Å². The lowest BCUT2D eigenvalue weighted by Gasteiger charge is -2.10. The van der Waals surface area contributed by atoms with Crippen molar-refractivity contribution in [2.75, 3.05) is 19.0 Å². The van der Waals surface area contributed by atoms with Crippen LogP contribution in [0.3, 0.4) is 0 Å². The van der Waals surface area contributed by atoms with Crippen LogP contribution >= 0.6 is 12.6 Å². The first-order chi connectivity index (χ1) is 9.76. The second kappa shape index (κ2) is 10.9. The van der Waals surface area contributed by atoms with Crippen LogP contribution in [0, 0.1) is 0 Å². The molecule has 3 nitrogen and oxygen atoms in total. The zero-order valence-corrected chi connectivity index (χ0v) is 13.3. The van der Waals surface area contributed by atoms with Gasteiger partial charge in [0.2, 0.25) is 0 Å². The van der Waals surface area contributed by atoms with E-state index >= 15 is 0 Å². The van der Waals surface area contributed by atoms with Gasteiger partial charge in [0.25, 0.3) is 0 Å². The number of ether oxygens (including phenoxy) is 2. The highest BCUT2D eigenvalue weighted by molar-refractivity contribution is 7.80. The third kappa shape index (κ3) is 7.65. The van der Waals surface area contributed by atoms with Crippen molar-refractivity contribution in [1.82, 2.24) is 0 Å². The van der Waals surface area contributed by atoms with Crippen molar-refractivity contribution < 1.29 is 9.47 Å². The van der Waals surface area contributed by atoms with Gasteiger partial charge in [-0.25, -0.2) is 0 Å². The molecular weight excluding hydrogens is 270 g/mol. The van der Waals surface area contributed by atoms with Crippen LogP contribution in [0.25, 0.3) is 0 Å². The number of hydrogen-bond acceptors (Lipinski definition) is 4. The second-order valence-corrected chi connectivity index (χ2v) is 5.33. The van der Waals surface area contributed by atoms with E-state index in [1.54, 1.807) is 0 Å². The first-order valence-corrected chi connectivity index (χ1v) is 8.11. The highest BCUT2D eigenvalue weighted by atomic mass is 32.1. The molecule has 114 valence electrons. The van der Waals surface area contributed by atoms with E-state index in [1.165, 1.54) is 0 Å². The average molecular weight is 297 g/mol. The van der Waals surface area contributed by atoms with E-state index in [4.69, 9.17) is 15.2 Å². The van der Waals surface area contributed by atoms with E-state index in [9.17, 15) is 0 Å². The van der Waals surface area contributed by atoms with Crippen LogP contribution in [0.2, 0.25) is 0 Å². The van der Waals surface area contributed by atoms with Crippen LogP contribution in [0.5, 0.6) is 11.5 Å². The number of hydrogen-bond donors (Lipinski definition) is 2. The highest BCUT2D eigenvalue weighted by Crippen LogP contribution is 2.18. The lowest BCUT2D eigenvalue weighted by molar-refractivity contribution is 0.298. The van der Waals surface area contributed by atoms with Crippen molar-refractivity contribution in [3.63, 3.8) is 0 Å². The largest absolute Gasteiger partial charge is 0.494 e. The van der Waals surface area contributed by atoms with Gasteiger partial charge in [0, 0.05) is 11.8 Å². The molecule has 0 saturated carbocycles. The summed E-state index contributed by atoms with van der Waals surface area (Å²) in [6.45, 7) is 3.67. The SMILES string of the molecule is CCCCOc1ccc(OCCCCC(N)CS)cc1. The minimum absolute atomic E-state index is 0.206. The summed E-state index contributed by atoms with van der Waals surface area (Å²) in [4.78, 5) is 0. The van der Waals surface area contributed by atoms with Crippen molar-refractivity contribution in [3.8, 4) is 11.5 Å². The van der Waals surface area contributed by atoms with Crippen LogP contribution in [0.4, 0.5) is 0 Å². The predicted molar refractivity (Wildman–Crippen MR) is 88.0 cm³/mol. The Kier molecular flexibility index (Phi) is 9.33. The maximum absolute atomic E-state index is 5.80. The molecule has 0 aliphatic rings. The minimum atomic E-state index is 0.206. The Morgan fingerprint density at radius 2 is 1.55 bits per heavy atom. The monoisotopic (exact) mass is 297 g/mol. The molecule has 1 aromatic rings. The summed E-state index contributed by atoms with van der Waals surface area (Å²) in [5.41, 5.74) is 5.80. The molecule has 4 heteroatoms. The van der Waals surface area contributed by atoms with Gasteiger partial charge in [-0.2, -0.15) is 12.6 Å². The molecule has 1 atom stereocenters. The van der Waals surface area contributed by atoms with E-state index < -0.39 is 0 Å². The summed E-state index contributed by atoms with van der Waals surface area (Å²) in [6, 6.07) is 8.04. The number of benzene rings is 1. The van der Waals surface area contributed by atoms with Crippen LogP contribution in [0.1, 0.15) is 39.0 Å². The van der Waals surface area contributed by atoms with Crippen molar-refractivity contribution in [2.45, 2.75) is 45.1 Å². The molecule has 0 aromatic heterocycles. The van der Waals surface area contributed by atoms with Crippen molar-refractivity contribution >= 4 is 12.6 Å². The van der Waals surface area contributed by atoms with Crippen LogP contribution in [0.15, 0.2) is 24.3 Å². The Morgan fingerprint density at radius 1 is 1.00 bits per heavy atom. The number of rotatable bonds is 11. The highest BCUT2D eigenvalue weighted by Gasteiger charge is 2.00. The first-order valence-electron chi connectivity index (χ1n) is 7.48.